The molecule has 0 spiro atoms. The number of ether oxygens (including phenoxy) is 1. The van der Waals surface area contributed by atoms with E-state index in [9.17, 15) is 26.4 Å². The van der Waals surface area contributed by atoms with Gasteiger partial charge in [0.2, 0.25) is 0 Å². The first kappa shape index (κ1) is 31.4. The van der Waals surface area contributed by atoms with E-state index < -0.39 is 28.4 Å². The molecule has 1 atom stereocenters. The monoisotopic (exact) mass is 641 g/mol. The average Bonchev–Trinajstić information content (AvgIpc) is 3.27. The summed E-state index contributed by atoms with van der Waals surface area (Å²) in [6.07, 6.45) is -4.83. The first-order valence-corrected chi connectivity index (χ1v) is 14.7. The number of nitrogens with zero attached hydrogens (tertiary/aromatic N) is 2. The minimum absolute atomic E-state index is 0.156. The first-order chi connectivity index (χ1) is 19.7. The van der Waals surface area contributed by atoms with Crippen molar-refractivity contribution in [3.63, 3.8) is 0 Å². The summed E-state index contributed by atoms with van der Waals surface area (Å²) in [4.78, 5) is 12.4. The fourth-order valence-electron chi connectivity index (χ4n) is 4.20. The van der Waals surface area contributed by atoms with Crippen LogP contribution in [0, 0.1) is 6.92 Å². The summed E-state index contributed by atoms with van der Waals surface area (Å²) < 4.78 is 71.4. The van der Waals surface area contributed by atoms with Crippen LogP contribution < -0.4 is 10.2 Å². The lowest BCUT2D eigenvalue weighted by atomic mass is 10.0. The maximum atomic E-state index is 12.7. The predicted octanol–water partition coefficient (Wildman–Crippen LogP) is 7.35. The maximum absolute atomic E-state index is 12.7. The van der Waals surface area contributed by atoms with Gasteiger partial charge in [0.05, 0.1) is 23.2 Å². The lowest BCUT2D eigenvalue weighted by molar-refractivity contribution is -0.274. The van der Waals surface area contributed by atoms with Crippen LogP contribution in [0.5, 0.6) is 5.75 Å². The smallest absolute Gasteiger partial charge is 0.406 e. The standard InChI is InChI=1S/C28H24Cl2F3N3O5S/c1-4-42(38,39)41-35-27(37)20-7-5-18(6-8-20)17(3)36-26(19-9-11-24(12-10-19)40-28(31,32)33)16(2)25(34-36)21-13-22(29)15-23(30)14-21/h5-15,17H,4H2,1-3H3,(H,35,37). The number of hydrogen-bond acceptors (Lipinski definition) is 6. The number of benzene rings is 3. The molecule has 4 aromatic rings. The summed E-state index contributed by atoms with van der Waals surface area (Å²) >= 11 is 12.5. The van der Waals surface area contributed by atoms with E-state index in [0.717, 1.165) is 11.1 Å². The van der Waals surface area contributed by atoms with Crippen LogP contribution in [0.4, 0.5) is 13.2 Å². The van der Waals surface area contributed by atoms with Gasteiger partial charge in [-0.2, -0.15) is 13.5 Å². The van der Waals surface area contributed by atoms with Crippen LogP contribution in [0.15, 0.2) is 66.7 Å². The maximum Gasteiger partial charge on any atom is 0.573 e. The summed E-state index contributed by atoms with van der Waals surface area (Å²) in [7, 11) is -3.88. The Bertz CT molecular complexity index is 1690. The molecular weight excluding hydrogens is 618 g/mol. The van der Waals surface area contributed by atoms with E-state index in [1.54, 1.807) is 35.0 Å². The topological polar surface area (TPSA) is 99.5 Å². The van der Waals surface area contributed by atoms with E-state index in [-0.39, 0.29) is 17.1 Å². The van der Waals surface area contributed by atoms with Gasteiger partial charge in [0.15, 0.2) is 0 Å². The van der Waals surface area contributed by atoms with Crippen molar-refractivity contribution in [3.05, 3.63) is 93.5 Å². The number of hydroxylamine groups is 1. The van der Waals surface area contributed by atoms with Crippen molar-refractivity contribution in [1.29, 1.82) is 0 Å². The summed E-state index contributed by atoms with van der Waals surface area (Å²) in [5.41, 5.74) is 5.90. The Hall–Kier alpha value is -3.58. The number of hydrogen-bond donors (Lipinski definition) is 1. The number of aromatic nitrogens is 2. The second kappa shape index (κ2) is 12.3. The number of carbonyl (C=O) groups excluding carboxylic acids is 1. The second-order valence-electron chi connectivity index (χ2n) is 9.16. The molecule has 0 bridgehead atoms. The van der Waals surface area contributed by atoms with E-state index in [1.807, 2.05) is 19.3 Å². The lowest BCUT2D eigenvalue weighted by Crippen LogP contribution is -2.28. The molecule has 0 saturated heterocycles. The van der Waals surface area contributed by atoms with Gasteiger partial charge in [-0.05, 0) is 80.9 Å². The van der Waals surface area contributed by atoms with Crippen molar-refractivity contribution in [2.75, 3.05) is 5.75 Å². The average molecular weight is 642 g/mol. The van der Waals surface area contributed by atoms with Gasteiger partial charge >= 0.3 is 6.36 Å². The third kappa shape index (κ3) is 7.43. The highest BCUT2D eigenvalue weighted by Crippen LogP contribution is 2.38. The molecule has 14 heteroatoms. The number of carbonyl (C=O) groups is 1. The molecule has 0 aliphatic rings. The number of halogens is 5. The summed E-state index contributed by atoms with van der Waals surface area (Å²) in [5, 5.41) is 5.65. The van der Waals surface area contributed by atoms with E-state index in [4.69, 9.17) is 28.3 Å². The van der Waals surface area contributed by atoms with Crippen LogP contribution in [-0.2, 0) is 14.4 Å². The highest BCUT2D eigenvalue weighted by atomic mass is 35.5. The molecule has 3 aromatic carbocycles. The summed E-state index contributed by atoms with van der Waals surface area (Å²) in [6.45, 7) is 5.06. The molecule has 0 saturated carbocycles. The first-order valence-electron chi connectivity index (χ1n) is 12.4. The molecular formula is C28H24Cl2F3N3O5S. The van der Waals surface area contributed by atoms with Crippen LogP contribution in [0.1, 0.15) is 41.4 Å². The van der Waals surface area contributed by atoms with Gasteiger partial charge in [-0.15, -0.1) is 17.5 Å². The second-order valence-corrected chi connectivity index (χ2v) is 11.9. The largest absolute Gasteiger partial charge is 0.573 e. The van der Waals surface area contributed by atoms with E-state index in [2.05, 4.69) is 9.02 Å². The Kier molecular flexibility index (Phi) is 9.21. The summed E-state index contributed by atoms with van der Waals surface area (Å²) in [5.74, 6) is -1.42. The zero-order valence-electron chi connectivity index (χ0n) is 22.4. The van der Waals surface area contributed by atoms with Crippen LogP contribution in [-0.4, -0.2) is 36.2 Å². The van der Waals surface area contributed by atoms with Gasteiger partial charge < -0.3 is 4.74 Å². The quantitative estimate of drug-likeness (QED) is 0.192. The predicted molar refractivity (Wildman–Crippen MR) is 153 cm³/mol. The SMILES string of the molecule is CCS(=O)(=O)ONC(=O)c1ccc(C(C)n2nc(-c3cc(Cl)cc(Cl)c3)c(C)c2-c2ccc(OC(F)(F)F)cc2)cc1. The lowest BCUT2D eigenvalue weighted by Gasteiger charge is -2.18. The molecule has 0 aliphatic carbocycles. The van der Waals surface area contributed by atoms with Crippen molar-refractivity contribution in [2.45, 2.75) is 33.2 Å². The van der Waals surface area contributed by atoms with Gasteiger partial charge in [-0.1, -0.05) is 35.3 Å². The number of alkyl halides is 3. The molecule has 1 N–H and O–H groups in total. The van der Waals surface area contributed by atoms with Crippen LogP contribution in [0.3, 0.4) is 0 Å². The number of rotatable bonds is 9. The van der Waals surface area contributed by atoms with E-state index in [1.165, 1.54) is 43.3 Å². The molecule has 42 heavy (non-hydrogen) atoms. The van der Waals surface area contributed by atoms with Crippen LogP contribution in [0.2, 0.25) is 10.0 Å². The van der Waals surface area contributed by atoms with Crippen molar-refractivity contribution >= 4 is 39.2 Å². The van der Waals surface area contributed by atoms with Crippen molar-refractivity contribution in [2.24, 2.45) is 0 Å². The minimum atomic E-state index is -4.83. The molecule has 1 amide bonds. The Labute approximate surface area is 250 Å². The Morgan fingerprint density at radius 3 is 2.14 bits per heavy atom. The molecule has 8 nitrogen and oxygen atoms in total. The number of nitrogens with one attached hydrogen (secondary N) is 1. The molecule has 1 unspecified atom stereocenters. The highest BCUT2D eigenvalue weighted by Gasteiger charge is 2.31. The molecule has 1 aromatic heterocycles. The molecule has 4 rings (SSSR count). The third-order valence-corrected chi connectivity index (χ3v) is 7.76. The molecule has 0 aliphatic heterocycles. The Morgan fingerprint density at radius 2 is 1.60 bits per heavy atom. The zero-order valence-corrected chi connectivity index (χ0v) is 24.7. The van der Waals surface area contributed by atoms with Gasteiger partial charge in [0, 0.05) is 32.3 Å². The minimum Gasteiger partial charge on any atom is -0.406 e. The Morgan fingerprint density at radius 1 is 1.00 bits per heavy atom. The van der Waals surface area contributed by atoms with Crippen LogP contribution in [0.25, 0.3) is 22.5 Å². The zero-order chi connectivity index (χ0) is 30.8. The number of amides is 1. The molecule has 0 fully saturated rings. The van der Waals surface area contributed by atoms with Gasteiger partial charge in [0.25, 0.3) is 16.0 Å². The highest BCUT2D eigenvalue weighted by molar-refractivity contribution is 7.86. The van der Waals surface area contributed by atoms with E-state index in [0.29, 0.717) is 32.6 Å². The van der Waals surface area contributed by atoms with Gasteiger partial charge in [0.1, 0.15) is 5.75 Å². The Balaban J connectivity index is 1.73. The normalized spacial score (nSPS) is 12.7. The van der Waals surface area contributed by atoms with Gasteiger partial charge in [-0.3, -0.25) is 9.48 Å². The van der Waals surface area contributed by atoms with Crippen molar-refractivity contribution in [1.82, 2.24) is 15.3 Å². The van der Waals surface area contributed by atoms with Crippen LogP contribution >= 0.6 is 23.2 Å². The third-order valence-electron chi connectivity index (χ3n) is 6.28. The molecule has 222 valence electrons. The van der Waals surface area contributed by atoms with Crippen molar-refractivity contribution in [3.8, 4) is 28.3 Å². The van der Waals surface area contributed by atoms with Gasteiger partial charge in [-0.25, -0.2) is 5.48 Å². The fourth-order valence-corrected chi connectivity index (χ4v) is 5.04. The summed E-state index contributed by atoms with van der Waals surface area (Å²) in [6, 6.07) is 16.3. The molecule has 1 heterocycles. The van der Waals surface area contributed by atoms with Crippen molar-refractivity contribution < 1.29 is 35.4 Å². The van der Waals surface area contributed by atoms with E-state index >= 15 is 0 Å². The fraction of sp³-hybridized carbons (Fsp3) is 0.214. The molecule has 0 radical (unpaired) electrons.